The van der Waals surface area contributed by atoms with Gasteiger partial charge in [-0.3, -0.25) is 0 Å². The van der Waals surface area contributed by atoms with Crippen LogP contribution in [-0.2, 0) is 5.41 Å². The minimum absolute atomic E-state index is 0.164. The molecule has 0 aromatic heterocycles. The summed E-state index contributed by atoms with van der Waals surface area (Å²) in [4.78, 5) is 0. The second-order valence-corrected chi connectivity index (χ2v) is 4.49. The SMILES string of the molecule is CC1(C)CNc2ccc(OC(F)(F)F)cc21. The van der Waals surface area contributed by atoms with Crippen molar-refractivity contribution in [3.8, 4) is 5.75 Å². The van der Waals surface area contributed by atoms with E-state index in [1.165, 1.54) is 12.1 Å². The first-order valence-electron chi connectivity index (χ1n) is 4.92. The van der Waals surface area contributed by atoms with Gasteiger partial charge in [-0.05, 0) is 23.8 Å². The molecule has 0 fully saturated rings. The summed E-state index contributed by atoms with van der Waals surface area (Å²) in [7, 11) is 0. The van der Waals surface area contributed by atoms with Crippen molar-refractivity contribution in [1.29, 1.82) is 0 Å². The number of fused-ring (bicyclic) bond motifs is 1. The Labute approximate surface area is 91.4 Å². The normalized spacial score (nSPS) is 17.8. The fraction of sp³-hybridized carbons (Fsp3) is 0.455. The molecule has 0 bridgehead atoms. The summed E-state index contributed by atoms with van der Waals surface area (Å²) in [5.74, 6) is -0.164. The topological polar surface area (TPSA) is 21.3 Å². The largest absolute Gasteiger partial charge is 0.573 e. The Morgan fingerprint density at radius 3 is 2.62 bits per heavy atom. The van der Waals surface area contributed by atoms with E-state index in [1.807, 2.05) is 13.8 Å². The van der Waals surface area contributed by atoms with E-state index in [-0.39, 0.29) is 11.2 Å². The van der Waals surface area contributed by atoms with Crippen molar-refractivity contribution in [2.75, 3.05) is 11.9 Å². The van der Waals surface area contributed by atoms with Crippen molar-refractivity contribution in [3.63, 3.8) is 0 Å². The highest BCUT2D eigenvalue weighted by Gasteiger charge is 2.34. The lowest BCUT2D eigenvalue weighted by Gasteiger charge is -2.18. The molecule has 1 aliphatic rings. The highest BCUT2D eigenvalue weighted by atomic mass is 19.4. The number of nitrogens with one attached hydrogen (secondary N) is 1. The van der Waals surface area contributed by atoms with Gasteiger partial charge in [-0.15, -0.1) is 13.2 Å². The molecule has 2 nitrogen and oxygen atoms in total. The number of halogens is 3. The second-order valence-electron chi connectivity index (χ2n) is 4.49. The Morgan fingerprint density at radius 2 is 2.00 bits per heavy atom. The molecule has 0 amide bonds. The minimum Gasteiger partial charge on any atom is -0.406 e. The minimum atomic E-state index is -4.63. The molecule has 1 heterocycles. The Hall–Kier alpha value is -1.39. The zero-order valence-corrected chi connectivity index (χ0v) is 8.98. The lowest BCUT2D eigenvalue weighted by atomic mass is 9.87. The molecule has 5 heteroatoms. The summed E-state index contributed by atoms with van der Waals surface area (Å²) in [6.45, 7) is 4.67. The zero-order chi connectivity index (χ0) is 12.0. The van der Waals surface area contributed by atoms with E-state index < -0.39 is 6.36 Å². The maximum atomic E-state index is 12.0. The fourth-order valence-electron chi connectivity index (χ4n) is 1.85. The predicted octanol–water partition coefficient (Wildman–Crippen LogP) is 3.29. The molecule has 16 heavy (non-hydrogen) atoms. The summed E-state index contributed by atoms with van der Waals surface area (Å²) >= 11 is 0. The maximum absolute atomic E-state index is 12.0. The predicted molar refractivity (Wildman–Crippen MR) is 54.6 cm³/mol. The molecule has 0 radical (unpaired) electrons. The van der Waals surface area contributed by atoms with Crippen LogP contribution in [0.3, 0.4) is 0 Å². The van der Waals surface area contributed by atoms with Crippen LogP contribution in [-0.4, -0.2) is 12.9 Å². The summed E-state index contributed by atoms with van der Waals surface area (Å²) in [5.41, 5.74) is 1.56. The van der Waals surface area contributed by atoms with Gasteiger partial charge in [0.2, 0.25) is 0 Å². The van der Waals surface area contributed by atoms with Crippen LogP contribution in [0.25, 0.3) is 0 Å². The maximum Gasteiger partial charge on any atom is 0.573 e. The van der Waals surface area contributed by atoms with Gasteiger partial charge in [0, 0.05) is 17.6 Å². The molecule has 1 aliphatic heterocycles. The van der Waals surface area contributed by atoms with Gasteiger partial charge in [-0.2, -0.15) is 0 Å². The van der Waals surface area contributed by atoms with E-state index in [9.17, 15) is 13.2 Å². The second kappa shape index (κ2) is 3.30. The van der Waals surface area contributed by atoms with Gasteiger partial charge in [0.1, 0.15) is 5.75 Å². The van der Waals surface area contributed by atoms with Crippen LogP contribution in [0.2, 0.25) is 0 Å². The van der Waals surface area contributed by atoms with Gasteiger partial charge in [-0.25, -0.2) is 0 Å². The third-order valence-corrected chi connectivity index (χ3v) is 2.67. The number of ether oxygens (including phenoxy) is 1. The van der Waals surface area contributed by atoms with E-state index >= 15 is 0 Å². The number of hydrogen-bond donors (Lipinski definition) is 1. The van der Waals surface area contributed by atoms with Crippen LogP contribution < -0.4 is 10.1 Å². The number of benzene rings is 1. The van der Waals surface area contributed by atoms with Crippen LogP contribution in [0.15, 0.2) is 18.2 Å². The Kier molecular flexibility index (Phi) is 2.29. The fourth-order valence-corrected chi connectivity index (χ4v) is 1.85. The molecular formula is C11H12F3NO. The summed E-state index contributed by atoms with van der Waals surface area (Å²) in [5, 5.41) is 3.14. The molecule has 0 aliphatic carbocycles. The zero-order valence-electron chi connectivity index (χ0n) is 8.98. The molecule has 0 saturated carbocycles. The van der Waals surface area contributed by atoms with Gasteiger partial charge in [0.05, 0.1) is 0 Å². The Morgan fingerprint density at radius 1 is 1.31 bits per heavy atom. The number of alkyl halides is 3. The van der Waals surface area contributed by atoms with Crippen molar-refractivity contribution in [1.82, 2.24) is 0 Å². The average molecular weight is 231 g/mol. The lowest BCUT2D eigenvalue weighted by molar-refractivity contribution is -0.274. The van der Waals surface area contributed by atoms with Crippen LogP contribution in [0.5, 0.6) is 5.75 Å². The quantitative estimate of drug-likeness (QED) is 0.800. The van der Waals surface area contributed by atoms with Gasteiger partial charge in [0.15, 0.2) is 0 Å². The Bertz CT molecular complexity index is 412. The van der Waals surface area contributed by atoms with Crippen molar-refractivity contribution >= 4 is 5.69 Å². The highest BCUT2D eigenvalue weighted by Crippen LogP contribution is 2.39. The van der Waals surface area contributed by atoms with Gasteiger partial charge < -0.3 is 10.1 Å². The molecular weight excluding hydrogens is 219 g/mol. The molecule has 1 N–H and O–H groups in total. The molecule has 0 unspecified atom stereocenters. The average Bonchev–Trinajstić information content (AvgIpc) is 2.40. The lowest BCUT2D eigenvalue weighted by Crippen LogP contribution is -2.20. The van der Waals surface area contributed by atoms with Gasteiger partial charge in [-0.1, -0.05) is 13.8 Å². The standard InChI is InChI=1S/C11H12F3NO/c1-10(2)6-15-9-4-3-7(5-8(9)10)16-11(12,13)14/h3-5,15H,6H2,1-2H3. The van der Waals surface area contributed by atoms with Gasteiger partial charge in [0.25, 0.3) is 0 Å². The molecule has 0 spiro atoms. The van der Waals surface area contributed by atoms with Crippen molar-refractivity contribution in [2.24, 2.45) is 0 Å². The van der Waals surface area contributed by atoms with Crippen molar-refractivity contribution in [3.05, 3.63) is 23.8 Å². The van der Waals surface area contributed by atoms with E-state index in [4.69, 9.17) is 0 Å². The molecule has 0 atom stereocenters. The van der Waals surface area contributed by atoms with Crippen molar-refractivity contribution < 1.29 is 17.9 Å². The number of anilines is 1. The highest BCUT2D eigenvalue weighted by molar-refractivity contribution is 5.61. The smallest absolute Gasteiger partial charge is 0.406 e. The summed E-state index contributed by atoms with van der Waals surface area (Å²) in [6.07, 6.45) is -4.63. The molecule has 1 aromatic rings. The van der Waals surface area contributed by atoms with E-state index in [0.29, 0.717) is 0 Å². The van der Waals surface area contributed by atoms with Crippen LogP contribution in [0.4, 0.5) is 18.9 Å². The van der Waals surface area contributed by atoms with E-state index in [1.54, 1.807) is 6.07 Å². The molecule has 2 rings (SSSR count). The molecule has 1 aromatic carbocycles. The van der Waals surface area contributed by atoms with Crippen molar-refractivity contribution in [2.45, 2.75) is 25.6 Å². The van der Waals surface area contributed by atoms with Crippen LogP contribution in [0, 0.1) is 0 Å². The number of hydrogen-bond acceptors (Lipinski definition) is 2. The van der Waals surface area contributed by atoms with Crippen LogP contribution in [0.1, 0.15) is 19.4 Å². The first kappa shape index (κ1) is 11.1. The number of rotatable bonds is 1. The monoisotopic (exact) mass is 231 g/mol. The van der Waals surface area contributed by atoms with Gasteiger partial charge >= 0.3 is 6.36 Å². The third kappa shape index (κ3) is 2.08. The molecule has 88 valence electrons. The van der Waals surface area contributed by atoms with Crippen LogP contribution >= 0.6 is 0 Å². The third-order valence-electron chi connectivity index (χ3n) is 2.67. The Balaban J connectivity index is 2.33. The summed E-state index contributed by atoms with van der Waals surface area (Å²) < 4.78 is 40.0. The van der Waals surface area contributed by atoms with E-state index in [0.717, 1.165) is 17.8 Å². The first-order valence-corrected chi connectivity index (χ1v) is 4.92. The first-order chi connectivity index (χ1) is 7.28. The summed E-state index contributed by atoms with van der Waals surface area (Å²) in [6, 6.07) is 4.38. The van der Waals surface area contributed by atoms with E-state index in [2.05, 4.69) is 10.1 Å². The molecule has 0 saturated heterocycles.